The predicted molar refractivity (Wildman–Crippen MR) is 112 cm³/mol. The molecule has 24 heavy (non-hydrogen) atoms. The molecule has 6 heteroatoms. The maximum atomic E-state index is 4.36. The summed E-state index contributed by atoms with van der Waals surface area (Å²) in [5.74, 6) is 1.71. The number of hydrogen-bond acceptors (Lipinski definition) is 2. The van der Waals surface area contributed by atoms with Gasteiger partial charge in [0.15, 0.2) is 5.96 Å². The number of halogens is 1. The minimum absolute atomic E-state index is 0. The number of nitrogens with zero attached hydrogens (tertiary/aromatic N) is 3. The first-order valence-electron chi connectivity index (χ1n) is 8.95. The molecule has 1 aromatic rings. The van der Waals surface area contributed by atoms with E-state index in [1.807, 2.05) is 25.0 Å². The summed E-state index contributed by atoms with van der Waals surface area (Å²) < 4.78 is 1.86. The van der Waals surface area contributed by atoms with Gasteiger partial charge in [0.25, 0.3) is 0 Å². The van der Waals surface area contributed by atoms with E-state index in [9.17, 15) is 0 Å². The molecule has 1 fully saturated rings. The van der Waals surface area contributed by atoms with Gasteiger partial charge in [-0.05, 0) is 49.0 Å². The van der Waals surface area contributed by atoms with Crippen molar-refractivity contribution in [2.24, 2.45) is 23.4 Å². The highest BCUT2D eigenvalue weighted by Gasteiger charge is 2.37. The Labute approximate surface area is 164 Å². The second-order valence-corrected chi connectivity index (χ2v) is 7.43. The molecule has 0 saturated heterocycles. The molecule has 138 valence electrons. The highest BCUT2D eigenvalue weighted by Crippen LogP contribution is 2.45. The summed E-state index contributed by atoms with van der Waals surface area (Å²) in [6.07, 6.45) is 11.6. The van der Waals surface area contributed by atoms with E-state index in [-0.39, 0.29) is 24.0 Å². The molecular weight excluding hydrogens is 413 g/mol. The quantitative estimate of drug-likeness (QED) is 0.278. The Morgan fingerprint density at radius 2 is 2.12 bits per heavy atom. The van der Waals surface area contributed by atoms with Crippen LogP contribution in [-0.2, 0) is 13.5 Å². The number of guanidine groups is 1. The minimum atomic E-state index is 0. The number of aryl methyl sites for hydroxylation is 2. The summed E-state index contributed by atoms with van der Waals surface area (Å²) in [7, 11) is 3.81. The molecule has 0 atom stereocenters. The van der Waals surface area contributed by atoms with Gasteiger partial charge in [-0.25, -0.2) is 0 Å². The lowest BCUT2D eigenvalue weighted by molar-refractivity contribution is 0.104. The van der Waals surface area contributed by atoms with Gasteiger partial charge < -0.3 is 10.6 Å². The zero-order chi connectivity index (χ0) is 16.7. The molecule has 1 heterocycles. The molecule has 1 aliphatic rings. The molecule has 0 radical (unpaired) electrons. The third-order valence-electron chi connectivity index (χ3n) is 4.80. The molecule has 0 bridgehead atoms. The second-order valence-electron chi connectivity index (χ2n) is 7.43. The third kappa shape index (κ3) is 6.61. The smallest absolute Gasteiger partial charge is 0.190 e. The van der Waals surface area contributed by atoms with Gasteiger partial charge in [0, 0.05) is 33.4 Å². The maximum absolute atomic E-state index is 4.36. The van der Waals surface area contributed by atoms with Crippen LogP contribution in [0.25, 0.3) is 0 Å². The number of rotatable bonds is 8. The summed E-state index contributed by atoms with van der Waals surface area (Å²) in [5, 5.41) is 11.2. The summed E-state index contributed by atoms with van der Waals surface area (Å²) in [6.45, 7) is 6.64. The Balaban J connectivity index is 0.00000288. The number of aliphatic imine (C=N–C) groups is 1. The first-order valence-corrected chi connectivity index (χ1v) is 8.95. The second kappa shape index (κ2) is 10.3. The van der Waals surface area contributed by atoms with Crippen LogP contribution < -0.4 is 10.6 Å². The first kappa shape index (κ1) is 21.3. The van der Waals surface area contributed by atoms with Crippen LogP contribution >= 0.6 is 24.0 Å². The summed E-state index contributed by atoms with van der Waals surface area (Å²) in [5.41, 5.74) is 1.80. The van der Waals surface area contributed by atoms with E-state index in [1.165, 1.54) is 31.2 Å². The highest BCUT2D eigenvalue weighted by atomic mass is 127. The fourth-order valence-corrected chi connectivity index (χ4v) is 3.59. The Bertz CT molecular complexity index is 505. The topological polar surface area (TPSA) is 54.2 Å². The molecule has 1 aromatic heterocycles. The van der Waals surface area contributed by atoms with E-state index < -0.39 is 0 Å². The van der Waals surface area contributed by atoms with Crippen molar-refractivity contribution in [1.29, 1.82) is 0 Å². The van der Waals surface area contributed by atoms with Crippen LogP contribution in [0.5, 0.6) is 0 Å². The summed E-state index contributed by atoms with van der Waals surface area (Å²) >= 11 is 0. The monoisotopic (exact) mass is 447 g/mol. The molecule has 0 spiro atoms. The van der Waals surface area contributed by atoms with Crippen LogP contribution in [0, 0.1) is 11.3 Å². The van der Waals surface area contributed by atoms with Gasteiger partial charge in [-0.1, -0.05) is 20.3 Å². The average Bonchev–Trinajstić information content (AvgIpc) is 2.88. The molecule has 5 nitrogen and oxygen atoms in total. The lowest BCUT2D eigenvalue weighted by atomic mass is 9.64. The van der Waals surface area contributed by atoms with E-state index in [2.05, 4.69) is 40.8 Å². The van der Waals surface area contributed by atoms with Gasteiger partial charge in [-0.15, -0.1) is 24.0 Å². The minimum Gasteiger partial charge on any atom is -0.356 e. The van der Waals surface area contributed by atoms with Crippen LogP contribution in [0.2, 0.25) is 0 Å². The molecule has 2 N–H and O–H groups in total. The largest absolute Gasteiger partial charge is 0.356 e. The van der Waals surface area contributed by atoms with Crippen molar-refractivity contribution in [2.75, 3.05) is 20.1 Å². The SMILES string of the molecule is CN=C(NCCCc1cnn(C)c1)NCC1(CC(C)C)CCC1.I. The summed E-state index contributed by atoms with van der Waals surface area (Å²) in [6, 6.07) is 0. The van der Waals surface area contributed by atoms with Gasteiger partial charge in [0.2, 0.25) is 0 Å². The van der Waals surface area contributed by atoms with E-state index in [0.717, 1.165) is 37.8 Å². The lowest BCUT2D eigenvalue weighted by Gasteiger charge is -2.43. The Morgan fingerprint density at radius 3 is 2.62 bits per heavy atom. The van der Waals surface area contributed by atoms with Crippen LogP contribution in [-0.4, -0.2) is 35.9 Å². The van der Waals surface area contributed by atoms with E-state index >= 15 is 0 Å². The van der Waals surface area contributed by atoms with Crippen LogP contribution in [0.4, 0.5) is 0 Å². The van der Waals surface area contributed by atoms with Crippen molar-refractivity contribution in [3.05, 3.63) is 18.0 Å². The van der Waals surface area contributed by atoms with Crippen LogP contribution in [0.1, 0.15) is 51.5 Å². The molecule has 0 aromatic carbocycles. The fourth-order valence-electron chi connectivity index (χ4n) is 3.59. The predicted octanol–water partition coefficient (Wildman–Crippen LogP) is 3.35. The zero-order valence-corrected chi connectivity index (χ0v) is 18.0. The van der Waals surface area contributed by atoms with Crippen molar-refractivity contribution in [1.82, 2.24) is 20.4 Å². The van der Waals surface area contributed by atoms with Crippen molar-refractivity contribution in [2.45, 2.75) is 52.4 Å². The van der Waals surface area contributed by atoms with E-state index in [4.69, 9.17) is 0 Å². The number of hydrogen-bond donors (Lipinski definition) is 2. The van der Waals surface area contributed by atoms with Crippen LogP contribution in [0.15, 0.2) is 17.4 Å². The van der Waals surface area contributed by atoms with Crippen LogP contribution in [0.3, 0.4) is 0 Å². The summed E-state index contributed by atoms with van der Waals surface area (Å²) in [4.78, 5) is 4.36. The normalized spacial score (nSPS) is 16.5. The van der Waals surface area contributed by atoms with Gasteiger partial charge in [-0.2, -0.15) is 5.10 Å². The zero-order valence-electron chi connectivity index (χ0n) is 15.6. The third-order valence-corrected chi connectivity index (χ3v) is 4.80. The van der Waals surface area contributed by atoms with Gasteiger partial charge >= 0.3 is 0 Å². The molecule has 0 unspecified atom stereocenters. The molecule has 1 saturated carbocycles. The van der Waals surface area contributed by atoms with Crippen molar-refractivity contribution >= 4 is 29.9 Å². The standard InChI is InChI=1S/C18H33N5.HI/c1-15(2)11-18(8-6-9-18)14-21-17(19-3)20-10-5-7-16-12-22-23(4)13-16;/h12-13,15H,5-11,14H2,1-4H3,(H2,19,20,21);1H. The van der Waals surface area contributed by atoms with Crippen molar-refractivity contribution in [3.8, 4) is 0 Å². The maximum Gasteiger partial charge on any atom is 0.190 e. The van der Waals surface area contributed by atoms with E-state index in [0.29, 0.717) is 5.41 Å². The van der Waals surface area contributed by atoms with Gasteiger partial charge in [-0.3, -0.25) is 9.67 Å². The Morgan fingerprint density at radius 1 is 1.38 bits per heavy atom. The Hall–Kier alpha value is -0.790. The average molecular weight is 447 g/mol. The van der Waals surface area contributed by atoms with Crippen molar-refractivity contribution in [3.63, 3.8) is 0 Å². The highest BCUT2D eigenvalue weighted by molar-refractivity contribution is 14.0. The molecular formula is C18H34IN5. The fraction of sp³-hybridized carbons (Fsp3) is 0.778. The van der Waals surface area contributed by atoms with Gasteiger partial charge in [0.05, 0.1) is 6.20 Å². The first-order chi connectivity index (χ1) is 11.0. The Kier molecular flexibility index (Phi) is 9.08. The molecule has 0 amide bonds. The number of nitrogens with one attached hydrogen (secondary N) is 2. The molecule has 2 rings (SSSR count). The molecule has 1 aliphatic carbocycles. The lowest BCUT2D eigenvalue weighted by Crippen LogP contribution is -2.47. The van der Waals surface area contributed by atoms with Gasteiger partial charge in [0.1, 0.15) is 0 Å². The molecule has 0 aliphatic heterocycles. The van der Waals surface area contributed by atoms with Crippen molar-refractivity contribution < 1.29 is 0 Å². The number of aromatic nitrogens is 2. The van der Waals surface area contributed by atoms with E-state index in [1.54, 1.807) is 0 Å².